The maximum Gasteiger partial charge on any atom is 0.282 e. The highest BCUT2D eigenvalue weighted by atomic mass is 32.2. The Hall–Kier alpha value is -0.210. The standard InChI is InChI=1S/C14H29N3O3S/c1-3-16(10-11-20-2)21(18,19)17-9-5-4-6-14(17)12-15-13-7-8-13/h13-15H,3-12H2,1-2H3. The second-order valence-corrected chi connectivity index (χ2v) is 7.82. The van der Waals surface area contributed by atoms with Crippen LogP contribution in [0.1, 0.15) is 39.0 Å². The van der Waals surface area contributed by atoms with Crippen LogP contribution in [-0.4, -0.2) is 69.0 Å². The first kappa shape index (κ1) is 17.1. The fraction of sp³-hybridized carbons (Fsp3) is 1.00. The van der Waals surface area contributed by atoms with Crippen molar-refractivity contribution in [3.8, 4) is 0 Å². The fourth-order valence-electron chi connectivity index (χ4n) is 2.85. The number of ether oxygens (including phenoxy) is 1. The van der Waals surface area contributed by atoms with Gasteiger partial charge in [-0.25, -0.2) is 0 Å². The molecule has 1 saturated heterocycles. The Morgan fingerprint density at radius 3 is 2.67 bits per heavy atom. The third-order valence-electron chi connectivity index (χ3n) is 4.31. The van der Waals surface area contributed by atoms with Gasteiger partial charge in [0.25, 0.3) is 10.2 Å². The maximum atomic E-state index is 12.9. The van der Waals surface area contributed by atoms with Crippen molar-refractivity contribution in [1.29, 1.82) is 0 Å². The second-order valence-electron chi connectivity index (χ2n) is 5.94. The molecule has 7 heteroatoms. The van der Waals surface area contributed by atoms with Crippen LogP contribution in [-0.2, 0) is 14.9 Å². The summed E-state index contributed by atoms with van der Waals surface area (Å²) in [5.41, 5.74) is 0. The predicted octanol–water partition coefficient (Wildman–Crippen LogP) is 0.806. The Balaban J connectivity index is 2.01. The van der Waals surface area contributed by atoms with Gasteiger partial charge >= 0.3 is 0 Å². The molecular weight excluding hydrogens is 290 g/mol. The maximum absolute atomic E-state index is 12.9. The van der Waals surface area contributed by atoms with Crippen LogP contribution in [0, 0.1) is 0 Å². The molecule has 1 heterocycles. The predicted molar refractivity (Wildman–Crippen MR) is 83.4 cm³/mol. The van der Waals surface area contributed by atoms with Crippen molar-refractivity contribution >= 4 is 10.2 Å². The summed E-state index contributed by atoms with van der Waals surface area (Å²) in [6, 6.07) is 0.716. The molecule has 1 atom stereocenters. The summed E-state index contributed by atoms with van der Waals surface area (Å²) in [7, 11) is -1.78. The molecule has 1 aliphatic heterocycles. The van der Waals surface area contributed by atoms with E-state index in [-0.39, 0.29) is 6.04 Å². The molecule has 0 spiro atoms. The number of nitrogens with zero attached hydrogens (tertiary/aromatic N) is 2. The van der Waals surface area contributed by atoms with E-state index in [4.69, 9.17) is 4.74 Å². The molecule has 2 aliphatic rings. The summed E-state index contributed by atoms with van der Waals surface area (Å²) < 4.78 is 34.0. The molecule has 0 aromatic carbocycles. The largest absolute Gasteiger partial charge is 0.383 e. The molecule has 2 rings (SSSR count). The molecule has 2 fully saturated rings. The van der Waals surface area contributed by atoms with E-state index in [0.29, 0.717) is 32.3 Å². The monoisotopic (exact) mass is 319 g/mol. The van der Waals surface area contributed by atoms with E-state index >= 15 is 0 Å². The molecule has 0 amide bonds. The summed E-state index contributed by atoms with van der Waals surface area (Å²) in [5, 5.41) is 3.48. The van der Waals surface area contributed by atoms with Crippen molar-refractivity contribution in [2.75, 3.05) is 39.9 Å². The van der Waals surface area contributed by atoms with Crippen LogP contribution < -0.4 is 5.32 Å². The molecule has 0 aromatic heterocycles. The molecule has 0 bridgehead atoms. The highest BCUT2D eigenvalue weighted by Crippen LogP contribution is 2.24. The van der Waals surface area contributed by atoms with E-state index < -0.39 is 10.2 Å². The van der Waals surface area contributed by atoms with Crippen LogP contribution in [0.5, 0.6) is 0 Å². The molecule has 6 nitrogen and oxygen atoms in total. The minimum Gasteiger partial charge on any atom is -0.383 e. The lowest BCUT2D eigenvalue weighted by Gasteiger charge is -2.38. The molecule has 1 aliphatic carbocycles. The van der Waals surface area contributed by atoms with Gasteiger partial charge < -0.3 is 10.1 Å². The van der Waals surface area contributed by atoms with E-state index in [1.54, 1.807) is 11.4 Å². The van der Waals surface area contributed by atoms with Gasteiger partial charge in [-0.2, -0.15) is 17.0 Å². The molecule has 21 heavy (non-hydrogen) atoms. The molecule has 1 unspecified atom stereocenters. The molecular formula is C14H29N3O3S. The molecule has 0 radical (unpaired) electrons. The Bertz CT molecular complexity index is 412. The summed E-state index contributed by atoms with van der Waals surface area (Å²) in [5.74, 6) is 0. The van der Waals surface area contributed by atoms with E-state index in [9.17, 15) is 8.42 Å². The van der Waals surface area contributed by atoms with Gasteiger partial charge in [0, 0.05) is 45.4 Å². The summed E-state index contributed by atoms with van der Waals surface area (Å²) in [4.78, 5) is 0. The third kappa shape index (κ3) is 4.63. The van der Waals surface area contributed by atoms with Crippen LogP contribution >= 0.6 is 0 Å². The number of hydrogen-bond acceptors (Lipinski definition) is 4. The lowest BCUT2D eigenvalue weighted by molar-refractivity contribution is 0.171. The van der Waals surface area contributed by atoms with Crippen molar-refractivity contribution in [1.82, 2.24) is 13.9 Å². The van der Waals surface area contributed by atoms with Crippen molar-refractivity contribution < 1.29 is 13.2 Å². The normalized spacial score (nSPS) is 24.6. The minimum atomic E-state index is -3.38. The number of nitrogens with one attached hydrogen (secondary N) is 1. The summed E-state index contributed by atoms with van der Waals surface area (Å²) >= 11 is 0. The van der Waals surface area contributed by atoms with E-state index in [2.05, 4.69) is 5.32 Å². The van der Waals surface area contributed by atoms with Crippen molar-refractivity contribution in [3.05, 3.63) is 0 Å². The first-order chi connectivity index (χ1) is 10.1. The van der Waals surface area contributed by atoms with Gasteiger partial charge in [0.1, 0.15) is 0 Å². The molecule has 1 N–H and O–H groups in total. The van der Waals surface area contributed by atoms with Gasteiger partial charge in [0.05, 0.1) is 6.61 Å². The summed E-state index contributed by atoms with van der Waals surface area (Å²) in [6.07, 6.45) is 5.50. The van der Waals surface area contributed by atoms with Gasteiger partial charge in [0.2, 0.25) is 0 Å². The second kappa shape index (κ2) is 7.87. The number of hydrogen-bond donors (Lipinski definition) is 1. The highest BCUT2D eigenvalue weighted by Gasteiger charge is 2.36. The van der Waals surface area contributed by atoms with Crippen LogP contribution in [0.3, 0.4) is 0 Å². The molecule has 1 saturated carbocycles. The Morgan fingerprint density at radius 1 is 1.29 bits per heavy atom. The lowest BCUT2D eigenvalue weighted by atomic mass is 10.1. The molecule has 0 aromatic rings. The van der Waals surface area contributed by atoms with Crippen molar-refractivity contribution in [2.24, 2.45) is 0 Å². The minimum absolute atomic E-state index is 0.0981. The topological polar surface area (TPSA) is 61.9 Å². The smallest absolute Gasteiger partial charge is 0.282 e. The van der Waals surface area contributed by atoms with Gasteiger partial charge in [-0.05, 0) is 25.7 Å². The number of likely N-dealkylation sites (N-methyl/N-ethyl adjacent to an activating group) is 1. The van der Waals surface area contributed by atoms with Crippen LogP contribution in [0.4, 0.5) is 0 Å². The average molecular weight is 319 g/mol. The zero-order valence-corrected chi connectivity index (χ0v) is 14.1. The zero-order valence-electron chi connectivity index (χ0n) is 13.3. The quantitative estimate of drug-likeness (QED) is 0.683. The Kier molecular flexibility index (Phi) is 6.43. The van der Waals surface area contributed by atoms with E-state index in [1.807, 2.05) is 6.92 Å². The zero-order chi connectivity index (χ0) is 15.3. The summed E-state index contributed by atoms with van der Waals surface area (Å²) in [6.45, 7) is 4.66. The third-order valence-corrected chi connectivity index (χ3v) is 6.48. The van der Waals surface area contributed by atoms with Gasteiger partial charge in [-0.3, -0.25) is 0 Å². The average Bonchev–Trinajstić information content (AvgIpc) is 3.30. The van der Waals surface area contributed by atoms with Gasteiger partial charge in [-0.1, -0.05) is 13.3 Å². The van der Waals surface area contributed by atoms with Crippen LogP contribution in [0.15, 0.2) is 0 Å². The van der Waals surface area contributed by atoms with Gasteiger partial charge in [0.15, 0.2) is 0 Å². The fourth-order valence-corrected chi connectivity index (χ4v) is 4.69. The molecule has 124 valence electrons. The first-order valence-electron chi connectivity index (χ1n) is 8.08. The first-order valence-corrected chi connectivity index (χ1v) is 9.48. The van der Waals surface area contributed by atoms with Gasteiger partial charge in [-0.15, -0.1) is 0 Å². The van der Waals surface area contributed by atoms with E-state index in [1.165, 1.54) is 17.1 Å². The highest BCUT2D eigenvalue weighted by molar-refractivity contribution is 7.86. The number of piperidine rings is 1. The SMILES string of the molecule is CCN(CCOC)S(=O)(=O)N1CCCCC1CNC1CC1. The van der Waals surface area contributed by atoms with E-state index in [0.717, 1.165) is 25.8 Å². The lowest BCUT2D eigenvalue weighted by Crippen LogP contribution is -2.54. The number of methoxy groups -OCH3 is 1. The van der Waals surface area contributed by atoms with Crippen molar-refractivity contribution in [3.63, 3.8) is 0 Å². The van der Waals surface area contributed by atoms with Crippen molar-refractivity contribution in [2.45, 2.75) is 51.1 Å². The Labute approximate surface area is 129 Å². The Morgan fingerprint density at radius 2 is 2.05 bits per heavy atom. The van der Waals surface area contributed by atoms with Crippen LogP contribution in [0.2, 0.25) is 0 Å². The number of rotatable bonds is 9. The van der Waals surface area contributed by atoms with Crippen LogP contribution in [0.25, 0.3) is 0 Å².